The molecule has 0 radical (unpaired) electrons. The van der Waals surface area contributed by atoms with Crippen molar-refractivity contribution in [1.82, 2.24) is 5.32 Å². The summed E-state index contributed by atoms with van der Waals surface area (Å²) in [6.45, 7) is 8.60. The van der Waals surface area contributed by atoms with Gasteiger partial charge in [0.05, 0.1) is 0 Å². The van der Waals surface area contributed by atoms with Gasteiger partial charge in [-0.2, -0.15) is 0 Å². The third-order valence-corrected chi connectivity index (χ3v) is 3.59. The van der Waals surface area contributed by atoms with Gasteiger partial charge in [0.1, 0.15) is 23.5 Å². The molecule has 4 heteroatoms. The molecule has 1 aromatic rings. The second-order valence-corrected chi connectivity index (χ2v) is 5.46. The van der Waals surface area contributed by atoms with Gasteiger partial charge in [0.2, 0.25) is 0 Å². The van der Waals surface area contributed by atoms with Crippen LogP contribution >= 0.6 is 0 Å². The number of carbonyl (C=O) groups excluding carboxylic acids is 1. The highest BCUT2D eigenvalue weighted by Gasteiger charge is 2.30. The van der Waals surface area contributed by atoms with E-state index in [0.717, 1.165) is 24.9 Å². The van der Waals surface area contributed by atoms with Gasteiger partial charge in [-0.25, -0.2) is 4.39 Å². The van der Waals surface area contributed by atoms with Crippen LogP contribution in [-0.4, -0.2) is 24.5 Å². The summed E-state index contributed by atoms with van der Waals surface area (Å²) in [4.78, 5) is 11.0. The lowest BCUT2D eigenvalue weighted by atomic mass is 9.89. The molecule has 0 amide bonds. The molecule has 3 nitrogen and oxygen atoms in total. The van der Waals surface area contributed by atoms with Crippen LogP contribution in [0, 0.1) is 5.82 Å². The van der Waals surface area contributed by atoms with Crippen LogP contribution < -0.4 is 10.1 Å². The first-order valence-corrected chi connectivity index (χ1v) is 8.25. The number of nitrogens with one attached hydrogen (secondary N) is 1. The first-order valence-electron chi connectivity index (χ1n) is 8.25. The van der Waals surface area contributed by atoms with Crippen LogP contribution in [0.1, 0.15) is 53.9 Å². The van der Waals surface area contributed by atoms with E-state index in [1.165, 1.54) is 12.1 Å². The minimum Gasteiger partial charge on any atom is -0.490 e. The van der Waals surface area contributed by atoms with Gasteiger partial charge >= 0.3 is 0 Å². The summed E-state index contributed by atoms with van der Waals surface area (Å²) in [5.41, 5.74) is 0.817. The molecule has 0 saturated heterocycles. The summed E-state index contributed by atoms with van der Waals surface area (Å²) in [5, 5.41) is 3.36. The van der Waals surface area contributed by atoms with Crippen LogP contribution in [0.2, 0.25) is 0 Å². The second kappa shape index (κ2) is 9.57. The number of aryl methyl sites for hydroxylation is 1. The number of benzene rings is 1. The molecule has 0 aromatic heterocycles. The first kappa shape index (κ1) is 18.6. The molecule has 1 aromatic carbocycles. The summed E-state index contributed by atoms with van der Waals surface area (Å²) >= 11 is 0. The average molecular weight is 311 g/mol. The van der Waals surface area contributed by atoms with Crippen molar-refractivity contribution in [2.75, 3.05) is 6.54 Å². The largest absolute Gasteiger partial charge is 0.490 e. The molecule has 0 heterocycles. The Morgan fingerprint density at radius 1 is 1.36 bits per heavy atom. The van der Waals surface area contributed by atoms with E-state index in [0.29, 0.717) is 24.6 Å². The average Bonchev–Trinajstić information content (AvgIpc) is 2.44. The fourth-order valence-electron chi connectivity index (χ4n) is 2.46. The summed E-state index contributed by atoms with van der Waals surface area (Å²) in [5.74, 6) is 0.385. The van der Waals surface area contributed by atoms with Gasteiger partial charge in [-0.3, -0.25) is 0 Å². The van der Waals surface area contributed by atoms with E-state index in [2.05, 4.69) is 12.2 Å². The third kappa shape index (κ3) is 6.14. The van der Waals surface area contributed by atoms with Crippen molar-refractivity contribution in [3.05, 3.63) is 29.6 Å². The number of ketones is 1. The maximum Gasteiger partial charge on any atom is 0.130 e. The molecule has 22 heavy (non-hydrogen) atoms. The van der Waals surface area contributed by atoms with Gasteiger partial charge < -0.3 is 14.8 Å². The monoisotopic (exact) mass is 311 g/mol. The minimum absolute atomic E-state index is 0. The Morgan fingerprint density at radius 2 is 2.05 bits per heavy atom. The number of hydrogen-bond donors (Lipinski definition) is 1. The van der Waals surface area contributed by atoms with Crippen molar-refractivity contribution in [3.8, 4) is 5.75 Å². The van der Waals surface area contributed by atoms with Crippen LogP contribution in [0.3, 0.4) is 0 Å². The van der Waals surface area contributed by atoms with E-state index in [4.69, 9.17) is 4.74 Å². The molecule has 1 aliphatic carbocycles. The number of hydrogen-bond acceptors (Lipinski definition) is 3. The van der Waals surface area contributed by atoms with Crippen LogP contribution in [0.15, 0.2) is 18.2 Å². The normalized spacial score (nSPS) is 19.7. The Labute approximate surface area is 134 Å². The van der Waals surface area contributed by atoms with Crippen LogP contribution in [-0.2, 0) is 11.2 Å². The molecule has 0 atom stereocenters. The smallest absolute Gasteiger partial charge is 0.130 e. The minimum atomic E-state index is -0.302. The van der Waals surface area contributed by atoms with E-state index < -0.39 is 0 Å². The van der Waals surface area contributed by atoms with Gasteiger partial charge in [0, 0.05) is 20.0 Å². The molecular weight excluding hydrogens is 281 g/mol. The number of Topliss-reactive ketones (excluding diaryl/α,β-unsaturated/α-hetero) is 1. The Morgan fingerprint density at radius 3 is 2.64 bits per heavy atom. The SMILES string of the molecule is CC.CCNC1CC(Oc2cc(F)cc(CCC(C)=O)c2)C1.[HH]. The maximum absolute atomic E-state index is 13.5. The molecule has 126 valence electrons. The van der Waals surface area contributed by atoms with Crippen molar-refractivity contribution in [2.24, 2.45) is 0 Å². The van der Waals surface area contributed by atoms with Gasteiger partial charge in [-0.05, 0) is 50.4 Å². The molecule has 1 fully saturated rings. The Hall–Kier alpha value is -1.42. The van der Waals surface area contributed by atoms with Crippen LogP contribution in [0.25, 0.3) is 0 Å². The zero-order valence-electron chi connectivity index (χ0n) is 14.1. The van der Waals surface area contributed by atoms with E-state index in [-0.39, 0.29) is 19.1 Å². The lowest BCUT2D eigenvalue weighted by Gasteiger charge is -2.35. The molecule has 1 N–H and O–H groups in total. The van der Waals surface area contributed by atoms with E-state index in [1.54, 1.807) is 6.92 Å². The van der Waals surface area contributed by atoms with Crippen molar-refractivity contribution >= 4 is 5.78 Å². The number of ether oxygens (including phenoxy) is 1. The third-order valence-electron chi connectivity index (χ3n) is 3.59. The number of rotatable bonds is 7. The molecule has 2 rings (SSSR count). The van der Waals surface area contributed by atoms with Crippen molar-refractivity contribution in [3.63, 3.8) is 0 Å². The molecular formula is C18H30FNO2. The fourth-order valence-corrected chi connectivity index (χ4v) is 2.46. The Balaban J connectivity index is 0.00000155. The summed E-state index contributed by atoms with van der Waals surface area (Å²) in [6, 6.07) is 5.25. The van der Waals surface area contributed by atoms with E-state index >= 15 is 0 Å². The summed E-state index contributed by atoms with van der Waals surface area (Å²) in [6.07, 6.45) is 3.10. The van der Waals surface area contributed by atoms with Crippen LogP contribution in [0.4, 0.5) is 4.39 Å². The molecule has 1 saturated carbocycles. The van der Waals surface area contributed by atoms with Crippen molar-refractivity contribution < 1.29 is 15.3 Å². The molecule has 0 spiro atoms. The standard InChI is InChI=1S/C16H22FNO2.C2H6.H2/c1-3-18-14-9-16(10-14)20-15-7-12(5-4-11(2)19)6-13(17)8-15;1-2;/h6-8,14,16,18H,3-5,9-10H2,1-2H3;1-2H3;1H. The molecule has 0 aliphatic heterocycles. The second-order valence-electron chi connectivity index (χ2n) is 5.46. The Kier molecular flexibility index (Phi) is 8.10. The maximum atomic E-state index is 13.5. The van der Waals surface area contributed by atoms with Crippen molar-refractivity contribution in [2.45, 2.75) is 65.5 Å². The fraction of sp³-hybridized carbons (Fsp3) is 0.611. The van der Waals surface area contributed by atoms with Crippen molar-refractivity contribution in [1.29, 1.82) is 0 Å². The van der Waals surface area contributed by atoms with Gasteiger partial charge in [-0.15, -0.1) is 0 Å². The zero-order valence-corrected chi connectivity index (χ0v) is 14.1. The quantitative estimate of drug-likeness (QED) is 0.822. The summed E-state index contributed by atoms with van der Waals surface area (Å²) in [7, 11) is 0. The Bertz CT molecular complexity index is 476. The molecule has 0 unspecified atom stereocenters. The molecule has 0 bridgehead atoms. The van der Waals surface area contributed by atoms with Gasteiger partial charge in [0.25, 0.3) is 0 Å². The molecule has 1 aliphatic rings. The predicted octanol–water partition coefficient (Wildman–Crippen LogP) is 4.14. The topological polar surface area (TPSA) is 38.3 Å². The van der Waals surface area contributed by atoms with E-state index in [9.17, 15) is 9.18 Å². The highest BCUT2D eigenvalue weighted by atomic mass is 19.1. The zero-order chi connectivity index (χ0) is 16.5. The van der Waals surface area contributed by atoms with Gasteiger partial charge in [-0.1, -0.05) is 20.8 Å². The lowest BCUT2D eigenvalue weighted by molar-refractivity contribution is -0.116. The highest BCUT2D eigenvalue weighted by Crippen LogP contribution is 2.27. The highest BCUT2D eigenvalue weighted by molar-refractivity contribution is 5.75. The first-order chi connectivity index (χ1) is 10.6. The van der Waals surface area contributed by atoms with Gasteiger partial charge in [0.15, 0.2) is 0 Å². The van der Waals surface area contributed by atoms with Crippen LogP contribution in [0.5, 0.6) is 5.75 Å². The number of carbonyl (C=O) groups is 1. The predicted molar refractivity (Wildman–Crippen MR) is 90.0 cm³/mol. The lowest BCUT2D eigenvalue weighted by Crippen LogP contribution is -2.46. The number of halogens is 1. The van der Waals surface area contributed by atoms with E-state index in [1.807, 2.05) is 19.9 Å². The summed E-state index contributed by atoms with van der Waals surface area (Å²) < 4.78 is 19.3.